The molecule has 12 heteroatoms. The van der Waals surface area contributed by atoms with Crippen LogP contribution in [0.5, 0.6) is 11.8 Å². The molecule has 0 radical (unpaired) electrons. The van der Waals surface area contributed by atoms with Crippen LogP contribution in [0.25, 0.3) is 0 Å². The molecule has 0 amide bonds. The van der Waals surface area contributed by atoms with E-state index in [0.29, 0.717) is 23.9 Å². The minimum atomic E-state index is -4.69. The second-order valence-electron chi connectivity index (χ2n) is 9.51. The molecule has 188 valence electrons. The van der Waals surface area contributed by atoms with Gasteiger partial charge in [0.15, 0.2) is 0 Å². The third-order valence-corrected chi connectivity index (χ3v) is 7.50. The van der Waals surface area contributed by atoms with Crippen LogP contribution < -0.4 is 15.0 Å². The highest BCUT2D eigenvalue weighted by atomic mass is 32.1. The number of benzene rings is 1. The fraction of sp³-hybridized carbons (Fsp3) is 0.522. The van der Waals surface area contributed by atoms with Crippen LogP contribution in [0.2, 0.25) is 0 Å². The molecule has 2 bridgehead atoms. The Hall–Kier alpha value is -2.89. The number of hydrogen-bond acceptors (Lipinski definition) is 7. The molecular formula is C23H26F4N6OS. The summed E-state index contributed by atoms with van der Waals surface area (Å²) in [5.41, 5.74) is -0.102. The molecule has 1 aromatic carbocycles. The minimum absolute atomic E-state index is 0.00569. The van der Waals surface area contributed by atoms with Crippen molar-refractivity contribution in [1.29, 1.82) is 0 Å². The van der Waals surface area contributed by atoms with E-state index in [4.69, 9.17) is 4.74 Å². The molecule has 0 unspecified atom stereocenters. The van der Waals surface area contributed by atoms with Gasteiger partial charge in [-0.3, -0.25) is 0 Å². The van der Waals surface area contributed by atoms with E-state index in [2.05, 4.69) is 30.7 Å². The highest BCUT2D eigenvalue weighted by Gasteiger charge is 2.43. The van der Waals surface area contributed by atoms with E-state index in [9.17, 15) is 17.6 Å². The number of rotatable bonds is 6. The quantitative estimate of drug-likeness (QED) is 0.417. The van der Waals surface area contributed by atoms with E-state index < -0.39 is 17.6 Å². The van der Waals surface area contributed by atoms with Gasteiger partial charge in [-0.25, -0.2) is 9.07 Å². The zero-order valence-electron chi connectivity index (χ0n) is 19.5. The summed E-state index contributed by atoms with van der Waals surface area (Å²) in [6.45, 7) is 7.53. The first-order chi connectivity index (χ1) is 16.6. The second kappa shape index (κ2) is 8.96. The molecule has 1 aliphatic carbocycles. The van der Waals surface area contributed by atoms with E-state index in [0.717, 1.165) is 43.8 Å². The number of hydrogen-bond donors (Lipinski definition) is 1. The third-order valence-electron chi connectivity index (χ3n) is 6.55. The molecule has 35 heavy (non-hydrogen) atoms. The number of aryl methyl sites for hydroxylation is 1. The average molecular weight is 511 g/mol. The van der Waals surface area contributed by atoms with Crippen LogP contribution in [0.15, 0.2) is 24.3 Å². The Balaban J connectivity index is 1.34. The van der Waals surface area contributed by atoms with Crippen molar-refractivity contribution in [2.75, 3.05) is 23.3 Å². The van der Waals surface area contributed by atoms with Crippen LogP contribution in [0, 0.1) is 24.6 Å². The minimum Gasteiger partial charge on any atom is -0.424 e. The molecular weight excluding hydrogens is 484 g/mol. The number of nitrogens with one attached hydrogen (secondary N) is 1. The van der Waals surface area contributed by atoms with Gasteiger partial charge in [0.25, 0.3) is 0 Å². The molecule has 2 fully saturated rings. The maximum atomic E-state index is 13.8. The summed E-state index contributed by atoms with van der Waals surface area (Å²) in [6, 6.07) is 4.23. The lowest BCUT2D eigenvalue weighted by atomic mass is 9.92. The number of aromatic nitrogens is 4. The zero-order chi connectivity index (χ0) is 24.9. The van der Waals surface area contributed by atoms with Gasteiger partial charge in [-0.05, 0) is 75.2 Å². The molecule has 0 spiro atoms. The van der Waals surface area contributed by atoms with Gasteiger partial charge in [0, 0.05) is 25.2 Å². The maximum absolute atomic E-state index is 13.8. The van der Waals surface area contributed by atoms with E-state index in [1.807, 2.05) is 20.8 Å². The van der Waals surface area contributed by atoms with Gasteiger partial charge in [0.05, 0.1) is 17.3 Å². The van der Waals surface area contributed by atoms with Crippen LogP contribution in [0.3, 0.4) is 0 Å². The SMILES string of the molecule is Cc1cc(N2C[C@H]3CC[C@@H](C2)[C@@H]3Nc2nc(Oc3cc(F)cc(C(F)(F)F)c3)n(C(C)C)n2)sn1. The largest absolute Gasteiger partial charge is 0.424 e. The van der Waals surface area contributed by atoms with Crippen molar-refractivity contribution in [3.8, 4) is 11.8 Å². The Morgan fingerprint density at radius 1 is 1.11 bits per heavy atom. The topological polar surface area (TPSA) is 68.1 Å². The van der Waals surface area contributed by atoms with Gasteiger partial charge in [-0.2, -0.15) is 22.5 Å². The van der Waals surface area contributed by atoms with Crippen molar-refractivity contribution in [1.82, 2.24) is 19.1 Å². The molecule has 1 saturated heterocycles. The summed E-state index contributed by atoms with van der Waals surface area (Å²) in [4.78, 5) is 6.80. The van der Waals surface area contributed by atoms with E-state index in [-0.39, 0.29) is 23.8 Å². The smallest absolute Gasteiger partial charge is 0.416 e. The molecule has 5 rings (SSSR count). The molecule has 1 N–H and O–H groups in total. The summed E-state index contributed by atoms with van der Waals surface area (Å²) in [7, 11) is 0. The van der Waals surface area contributed by atoms with Gasteiger partial charge in [0.1, 0.15) is 16.6 Å². The van der Waals surface area contributed by atoms with Crippen LogP contribution in [0.4, 0.5) is 28.5 Å². The van der Waals surface area contributed by atoms with Crippen molar-refractivity contribution >= 4 is 22.5 Å². The number of alkyl halides is 3. The lowest BCUT2D eigenvalue weighted by Crippen LogP contribution is -2.48. The van der Waals surface area contributed by atoms with Crippen molar-refractivity contribution in [3.05, 3.63) is 41.3 Å². The number of nitrogens with zero attached hydrogens (tertiary/aromatic N) is 5. The molecule has 2 aromatic heterocycles. The molecule has 2 aliphatic rings. The lowest BCUT2D eigenvalue weighted by molar-refractivity contribution is -0.137. The normalized spacial score (nSPS) is 22.2. The Morgan fingerprint density at radius 3 is 2.43 bits per heavy atom. The first-order valence-electron chi connectivity index (χ1n) is 11.5. The first-order valence-corrected chi connectivity index (χ1v) is 12.3. The Morgan fingerprint density at radius 2 is 1.83 bits per heavy atom. The molecule has 1 aliphatic heterocycles. The Bertz CT molecular complexity index is 1200. The second-order valence-corrected chi connectivity index (χ2v) is 10.3. The van der Waals surface area contributed by atoms with Gasteiger partial charge >= 0.3 is 12.2 Å². The van der Waals surface area contributed by atoms with E-state index >= 15 is 0 Å². The van der Waals surface area contributed by atoms with Crippen molar-refractivity contribution < 1.29 is 22.3 Å². The van der Waals surface area contributed by atoms with Crippen LogP contribution >= 0.6 is 11.5 Å². The van der Waals surface area contributed by atoms with E-state index in [1.165, 1.54) is 21.2 Å². The van der Waals surface area contributed by atoms with Crippen LogP contribution in [0.1, 0.15) is 44.0 Å². The fourth-order valence-electron chi connectivity index (χ4n) is 4.95. The van der Waals surface area contributed by atoms with Gasteiger partial charge in [0.2, 0.25) is 5.95 Å². The summed E-state index contributed by atoms with van der Waals surface area (Å²) >= 11 is 1.52. The van der Waals surface area contributed by atoms with Gasteiger partial charge < -0.3 is 15.0 Å². The van der Waals surface area contributed by atoms with Crippen molar-refractivity contribution in [3.63, 3.8) is 0 Å². The van der Waals surface area contributed by atoms with Crippen LogP contribution in [-0.2, 0) is 6.18 Å². The molecule has 3 atom stereocenters. The van der Waals surface area contributed by atoms with E-state index in [1.54, 1.807) is 0 Å². The monoisotopic (exact) mass is 510 g/mol. The predicted molar refractivity (Wildman–Crippen MR) is 125 cm³/mol. The molecule has 3 aromatic rings. The summed E-state index contributed by atoms with van der Waals surface area (Å²) in [5.74, 6) is -0.159. The summed E-state index contributed by atoms with van der Waals surface area (Å²) < 4.78 is 64.6. The van der Waals surface area contributed by atoms with Gasteiger partial charge in [-0.15, -0.1) is 5.10 Å². The number of piperidine rings is 1. The first kappa shape index (κ1) is 23.8. The maximum Gasteiger partial charge on any atom is 0.416 e. The number of halogens is 4. The Labute approximate surface area is 204 Å². The number of fused-ring (bicyclic) bond motifs is 2. The predicted octanol–water partition coefficient (Wildman–Crippen LogP) is 5.90. The van der Waals surface area contributed by atoms with Crippen molar-refractivity contribution in [2.24, 2.45) is 11.8 Å². The molecule has 7 nitrogen and oxygen atoms in total. The highest BCUT2D eigenvalue weighted by Crippen LogP contribution is 2.41. The fourth-order valence-corrected chi connectivity index (χ4v) is 5.73. The Kier molecular flexibility index (Phi) is 6.10. The standard InChI is InChI=1S/C23H26F4N6OS/c1-12(2)33-22(34-18-8-16(23(25,26)27)7-17(24)9-18)29-21(30-33)28-20-14-4-5-15(20)11-32(10-14)19-6-13(3)31-35-19/h6-9,12,14-15,20H,4-5,10-11H2,1-3H3,(H,28,30)/t14-,15+,20-. The zero-order valence-corrected chi connectivity index (χ0v) is 20.3. The van der Waals surface area contributed by atoms with Crippen molar-refractivity contribution in [2.45, 2.75) is 51.9 Å². The van der Waals surface area contributed by atoms with Gasteiger partial charge in [-0.1, -0.05) is 0 Å². The molecule has 3 heterocycles. The molecule has 1 saturated carbocycles. The van der Waals surface area contributed by atoms with Crippen LogP contribution in [-0.4, -0.2) is 38.3 Å². The summed E-state index contributed by atoms with van der Waals surface area (Å²) in [5, 5.41) is 9.14. The highest BCUT2D eigenvalue weighted by molar-refractivity contribution is 7.10. The number of anilines is 2. The summed E-state index contributed by atoms with van der Waals surface area (Å²) in [6.07, 6.45) is -2.51. The lowest BCUT2D eigenvalue weighted by Gasteiger charge is -2.38. The number of ether oxygens (including phenoxy) is 1. The average Bonchev–Trinajstić information content (AvgIpc) is 3.43. The third kappa shape index (κ3) is 4.93.